The second-order valence-electron chi connectivity index (χ2n) is 4.99. The molecule has 21 heavy (non-hydrogen) atoms. The van der Waals surface area contributed by atoms with Gasteiger partial charge in [-0.3, -0.25) is 0 Å². The zero-order chi connectivity index (χ0) is 15.1. The van der Waals surface area contributed by atoms with Crippen molar-refractivity contribution in [1.82, 2.24) is 0 Å². The first-order valence-electron chi connectivity index (χ1n) is 7.77. The minimum absolute atomic E-state index is 0. The van der Waals surface area contributed by atoms with Gasteiger partial charge in [-0.1, -0.05) is 70.8 Å². The summed E-state index contributed by atoms with van der Waals surface area (Å²) in [6.07, 6.45) is 13.4. The number of hydrogen-bond acceptors (Lipinski definition) is 4. The third kappa shape index (κ3) is 18.6. The molecule has 0 rings (SSSR count). The van der Waals surface area contributed by atoms with Gasteiger partial charge in [0, 0.05) is 0 Å². The van der Waals surface area contributed by atoms with E-state index in [1.807, 2.05) is 0 Å². The summed E-state index contributed by atoms with van der Waals surface area (Å²) in [5.41, 5.74) is 0. The van der Waals surface area contributed by atoms with Gasteiger partial charge in [-0.15, -0.1) is 6.58 Å². The molecular weight excluding hydrogens is 299 g/mol. The van der Waals surface area contributed by atoms with E-state index in [1.54, 1.807) is 0 Å². The van der Waals surface area contributed by atoms with Crippen LogP contribution >= 0.6 is 0 Å². The van der Waals surface area contributed by atoms with Crippen LogP contribution in [0.4, 0.5) is 0 Å². The van der Waals surface area contributed by atoms with Crippen LogP contribution in [-0.2, 0) is 18.8 Å². The molecule has 0 aliphatic heterocycles. The Bertz CT molecular complexity index is 324. The maximum absolute atomic E-state index is 11.2. The fourth-order valence-corrected chi connectivity index (χ4v) is 2.57. The molecule has 0 aromatic heterocycles. The Morgan fingerprint density at radius 2 is 1.38 bits per heavy atom. The Morgan fingerprint density at radius 1 is 0.905 bits per heavy atom. The van der Waals surface area contributed by atoms with Gasteiger partial charge >= 0.3 is 40.0 Å². The third-order valence-electron chi connectivity index (χ3n) is 3.06. The van der Waals surface area contributed by atoms with Crippen LogP contribution in [0, 0.1) is 0 Å². The zero-order valence-electron chi connectivity index (χ0n) is 14.8. The van der Waals surface area contributed by atoms with E-state index in [1.165, 1.54) is 51.0 Å². The summed E-state index contributed by atoms with van der Waals surface area (Å²) in [7, 11) is -3.83. The maximum Gasteiger partial charge on any atom is 1.00 e. The molecule has 0 unspecified atom stereocenters. The van der Waals surface area contributed by atoms with Crippen molar-refractivity contribution in [1.29, 1.82) is 0 Å². The first-order valence-corrected chi connectivity index (χ1v) is 9.10. The van der Waals surface area contributed by atoms with Gasteiger partial charge in [0.1, 0.15) is 0 Å². The average molecular weight is 330 g/mol. The predicted molar refractivity (Wildman–Crippen MR) is 84.0 cm³/mol. The van der Waals surface area contributed by atoms with Crippen LogP contribution in [0.2, 0.25) is 0 Å². The average Bonchev–Trinajstić information content (AvgIpc) is 2.42. The zero-order valence-corrected chi connectivity index (χ0v) is 16.6. The van der Waals surface area contributed by atoms with Crippen LogP contribution in [0.15, 0.2) is 12.7 Å². The van der Waals surface area contributed by atoms with Crippen LogP contribution < -0.4 is 29.6 Å². The SMILES string of the molecule is C=CCOS(=O)(=O)OCCCCCCCCCCCC.[H-].[Na+]. The molecule has 0 saturated carbocycles. The van der Waals surface area contributed by atoms with Gasteiger partial charge in [0.05, 0.1) is 13.2 Å². The summed E-state index contributed by atoms with van der Waals surface area (Å²) in [4.78, 5) is 0. The number of unbranched alkanes of at least 4 members (excludes halogenated alkanes) is 9. The summed E-state index contributed by atoms with van der Waals surface area (Å²) in [5, 5.41) is 0. The molecule has 0 N–H and O–H groups in total. The first kappa shape index (κ1) is 23.9. The van der Waals surface area contributed by atoms with E-state index in [2.05, 4.69) is 17.7 Å². The topological polar surface area (TPSA) is 52.6 Å². The smallest absolute Gasteiger partial charge is 1.00 e. The Morgan fingerprint density at radius 3 is 1.86 bits per heavy atom. The van der Waals surface area contributed by atoms with Gasteiger partial charge in [-0.05, 0) is 6.42 Å². The minimum atomic E-state index is -3.83. The van der Waals surface area contributed by atoms with E-state index in [0.29, 0.717) is 0 Å². The van der Waals surface area contributed by atoms with E-state index in [0.717, 1.165) is 19.3 Å². The molecule has 0 aliphatic carbocycles. The molecule has 0 aromatic carbocycles. The molecule has 6 heteroatoms. The largest absolute Gasteiger partial charge is 1.00 e. The van der Waals surface area contributed by atoms with E-state index >= 15 is 0 Å². The van der Waals surface area contributed by atoms with E-state index < -0.39 is 10.4 Å². The quantitative estimate of drug-likeness (QED) is 0.259. The Balaban J connectivity index is -0.00000180. The molecular formula is C15H31NaO4S. The fraction of sp³-hybridized carbons (Fsp3) is 0.867. The van der Waals surface area contributed by atoms with Gasteiger partial charge in [0.15, 0.2) is 0 Å². The normalized spacial score (nSPS) is 11.1. The molecule has 122 valence electrons. The molecule has 0 amide bonds. The van der Waals surface area contributed by atoms with Crippen molar-refractivity contribution in [2.75, 3.05) is 13.2 Å². The summed E-state index contributed by atoms with van der Waals surface area (Å²) in [6.45, 7) is 5.77. The molecule has 4 nitrogen and oxygen atoms in total. The van der Waals surface area contributed by atoms with Crippen molar-refractivity contribution >= 4 is 10.4 Å². The van der Waals surface area contributed by atoms with Gasteiger partial charge in [-0.2, -0.15) is 8.42 Å². The van der Waals surface area contributed by atoms with Crippen molar-refractivity contribution in [2.24, 2.45) is 0 Å². The molecule has 0 aromatic rings. The van der Waals surface area contributed by atoms with Crippen molar-refractivity contribution < 1.29 is 47.8 Å². The molecule has 0 aliphatic rings. The Hall–Kier alpha value is 0.610. The molecule has 0 radical (unpaired) electrons. The predicted octanol–water partition coefficient (Wildman–Crippen LogP) is 1.49. The van der Waals surface area contributed by atoms with E-state index in [9.17, 15) is 8.42 Å². The number of hydrogen-bond donors (Lipinski definition) is 0. The molecule has 0 fully saturated rings. The van der Waals surface area contributed by atoms with Gasteiger partial charge in [0.25, 0.3) is 0 Å². The summed E-state index contributed by atoms with van der Waals surface area (Å²) < 4.78 is 31.5. The molecule has 0 spiro atoms. The Labute approximate surface area is 154 Å². The second kappa shape index (κ2) is 17.0. The molecule has 0 atom stereocenters. The minimum Gasteiger partial charge on any atom is -1.00 e. The summed E-state index contributed by atoms with van der Waals surface area (Å²) >= 11 is 0. The second-order valence-corrected chi connectivity index (χ2v) is 6.27. The molecule has 0 saturated heterocycles. The van der Waals surface area contributed by atoms with Gasteiger partial charge in [0.2, 0.25) is 0 Å². The van der Waals surface area contributed by atoms with Crippen molar-refractivity contribution in [3.8, 4) is 0 Å². The third-order valence-corrected chi connectivity index (χ3v) is 3.94. The van der Waals surface area contributed by atoms with Crippen LogP contribution in [0.5, 0.6) is 0 Å². The monoisotopic (exact) mass is 330 g/mol. The van der Waals surface area contributed by atoms with Crippen LogP contribution in [0.3, 0.4) is 0 Å². The van der Waals surface area contributed by atoms with Crippen LogP contribution in [0.1, 0.15) is 72.6 Å². The van der Waals surface area contributed by atoms with Gasteiger partial charge < -0.3 is 1.43 Å². The van der Waals surface area contributed by atoms with Crippen molar-refractivity contribution in [3.63, 3.8) is 0 Å². The number of rotatable bonds is 15. The van der Waals surface area contributed by atoms with Gasteiger partial charge in [-0.25, -0.2) is 8.37 Å². The van der Waals surface area contributed by atoms with Crippen molar-refractivity contribution in [2.45, 2.75) is 71.1 Å². The first-order chi connectivity index (χ1) is 9.62. The summed E-state index contributed by atoms with van der Waals surface area (Å²) in [6, 6.07) is 0. The Kier molecular flexibility index (Phi) is 19.3. The standard InChI is InChI=1S/C15H30O4S.Na.H/c1-3-5-6-7-8-9-10-11-12-13-15-19-20(16,17)18-14-4-2;;/h4H,2-3,5-15H2,1H3;;/q;+1;-1. The van der Waals surface area contributed by atoms with Crippen LogP contribution in [0.25, 0.3) is 0 Å². The summed E-state index contributed by atoms with van der Waals surface area (Å²) in [5.74, 6) is 0. The molecule has 0 heterocycles. The van der Waals surface area contributed by atoms with Crippen LogP contribution in [-0.4, -0.2) is 21.6 Å². The van der Waals surface area contributed by atoms with E-state index in [-0.39, 0.29) is 44.2 Å². The molecule has 0 bridgehead atoms. The maximum atomic E-state index is 11.2. The fourth-order valence-electron chi connectivity index (χ4n) is 1.92. The van der Waals surface area contributed by atoms with Crippen molar-refractivity contribution in [3.05, 3.63) is 12.7 Å². The van der Waals surface area contributed by atoms with E-state index in [4.69, 9.17) is 4.18 Å².